The summed E-state index contributed by atoms with van der Waals surface area (Å²) >= 11 is 0. The maximum Gasteiger partial charge on any atom is 0.224 e. The van der Waals surface area contributed by atoms with Crippen LogP contribution < -0.4 is 4.72 Å². The highest BCUT2D eigenvalue weighted by atomic mass is 32.2. The van der Waals surface area contributed by atoms with Crippen LogP contribution in [0.15, 0.2) is 24.7 Å². The molecule has 3 rings (SSSR count). The van der Waals surface area contributed by atoms with Gasteiger partial charge in [0, 0.05) is 69.7 Å². The van der Waals surface area contributed by atoms with Crippen molar-refractivity contribution in [3.63, 3.8) is 0 Å². The first-order valence-corrected chi connectivity index (χ1v) is 10.9. The predicted octanol–water partition coefficient (Wildman–Crippen LogP) is 0.865. The molecular weight excluding hydrogens is 366 g/mol. The molecule has 3 heterocycles. The summed E-state index contributed by atoms with van der Waals surface area (Å²) in [6.45, 7) is 4.05. The van der Waals surface area contributed by atoms with E-state index in [-0.39, 0.29) is 12.5 Å². The Kier molecular flexibility index (Phi) is 5.91. The quantitative estimate of drug-likeness (QED) is 0.755. The Morgan fingerprint density at radius 1 is 1.33 bits per heavy atom. The van der Waals surface area contributed by atoms with Gasteiger partial charge in [0.25, 0.3) is 0 Å². The average molecular weight is 391 g/mol. The average Bonchev–Trinajstić information content (AvgIpc) is 3.10. The van der Waals surface area contributed by atoms with Gasteiger partial charge in [0.1, 0.15) is 5.82 Å². The summed E-state index contributed by atoms with van der Waals surface area (Å²) in [5.41, 5.74) is 2.75. The third-order valence-corrected chi connectivity index (χ3v) is 5.34. The van der Waals surface area contributed by atoms with E-state index >= 15 is 0 Å². The summed E-state index contributed by atoms with van der Waals surface area (Å²) in [7, 11) is -3.25. The fourth-order valence-electron chi connectivity index (χ4n) is 3.23. The lowest BCUT2D eigenvalue weighted by atomic mass is 10.0. The van der Waals surface area contributed by atoms with Gasteiger partial charge < -0.3 is 9.47 Å². The summed E-state index contributed by atoms with van der Waals surface area (Å²) in [5.74, 6) is 1.09. The Labute approximate surface area is 159 Å². The molecule has 0 bridgehead atoms. The molecule has 1 aliphatic heterocycles. The molecule has 9 heteroatoms. The van der Waals surface area contributed by atoms with Gasteiger partial charge in [-0.3, -0.25) is 9.78 Å². The highest BCUT2D eigenvalue weighted by molar-refractivity contribution is 7.88. The van der Waals surface area contributed by atoms with E-state index in [1.807, 2.05) is 28.7 Å². The number of pyridine rings is 1. The number of carbonyl (C=O) groups is 1. The van der Waals surface area contributed by atoms with Gasteiger partial charge >= 0.3 is 0 Å². The van der Waals surface area contributed by atoms with Crippen LogP contribution >= 0.6 is 0 Å². The second-order valence-corrected chi connectivity index (χ2v) is 8.58. The number of fused-ring (bicyclic) bond motifs is 1. The molecule has 0 aromatic carbocycles. The molecule has 0 spiro atoms. The molecule has 0 atom stereocenters. The Bertz CT molecular complexity index is 923. The van der Waals surface area contributed by atoms with E-state index in [1.54, 1.807) is 12.4 Å². The fourth-order valence-corrected chi connectivity index (χ4v) is 3.66. The van der Waals surface area contributed by atoms with Crippen LogP contribution in [0.2, 0.25) is 0 Å². The van der Waals surface area contributed by atoms with Crippen molar-refractivity contribution in [2.45, 2.75) is 45.8 Å². The van der Waals surface area contributed by atoms with Crippen LogP contribution in [0.5, 0.6) is 0 Å². The molecule has 1 N–H and O–H groups in total. The molecule has 0 fully saturated rings. The number of aryl methyl sites for hydroxylation is 2. The first-order chi connectivity index (χ1) is 12.9. The van der Waals surface area contributed by atoms with Crippen molar-refractivity contribution in [3.8, 4) is 0 Å². The third-order valence-electron chi connectivity index (χ3n) is 4.67. The van der Waals surface area contributed by atoms with Crippen LogP contribution in [-0.2, 0) is 47.3 Å². The largest absolute Gasteiger partial charge is 0.338 e. The van der Waals surface area contributed by atoms with Crippen LogP contribution in [0.4, 0.5) is 0 Å². The van der Waals surface area contributed by atoms with Crippen LogP contribution in [0.1, 0.15) is 36.0 Å². The van der Waals surface area contributed by atoms with Crippen LogP contribution in [0, 0.1) is 0 Å². The van der Waals surface area contributed by atoms with Crippen molar-refractivity contribution in [1.82, 2.24) is 24.2 Å². The van der Waals surface area contributed by atoms with Gasteiger partial charge in [0.2, 0.25) is 15.9 Å². The van der Waals surface area contributed by atoms with Gasteiger partial charge in [-0.15, -0.1) is 0 Å². The first kappa shape index (κ1) is 19.5. The normalized spacial score (nSPS) is 14.2. The minimum Gasteiger partial charge on any atom is -0.338 e. The Morgan fingerprint density at radius 3 is 2.89 bits per heavy atom. The Balaban J connectivity index is 1.61. The fraction of sp³-hybridized carbons (Fsp3) is 0.500. The van der Waals surface area contributed by atoms with Crippen molar-refractivity contribution in [2.75, 3.05) is 12.8 Å². The summed E-state index contributed by atoms with van der Waals surface area (Å²) < 4.78 is 27.0. The molecular formula is C18H25N5O3S. The summed E-state index contributed by atoms with van der Waals surface area (Å²) in [6, 6.07) is 1.94. The Hall–Kier alpha value is -2.26. The van der Waals surface area contributed by atoms with E-state index in [4.69, 9.17) is 0 Å². The summed E-state index contributed by atoms with van der Waals surface area (Å²) in [4.78, 5) is 23.2. The summed E-state index contributed by atoms with van der Waals surface area (Å²) in [6.07, 6.45) is 8.48. The second kappa shape index (κ2) is 8.18. The van der Waals surface area contributed by atoms with E-state index in [0.29, 0.717) is 32.5 Å². The Morgan fingerprint density at radius 2 is 2.15 bits per heavy atom. The number of rotatable bonds is 7. The van der Waals surface area contributed by atoms with Crippen molar-refractivity contribution in [1.29, 1.82) is 0 Å². The number of carbonyl (C=O) groups excluding carboxylic acids is 1. The molecule has 8 nitrogen and oxygen atoms in total. The van der Waals surface area contributed by atoms with Crippen molar-refractivity contribution in [2.24, 2.45) is 0 Å². The SMILES string of the molecule is CCc1nccn1CCC(=O)N1CCc2ncc(CNS(C)(=O)=O)cc2C1. The number of hydrogen-bond donors (Lipinski definition) is 1. The lowest BCUT2D eigenvalue weighted by molar-refractivity contribution is -0.132. The standard InChI is InChI=1S/C18H25N5O3S/c1-3-17-19-6-9-22(17)8-5-18(24)23-7-4-16-15(13-23)10-14(11-20-16)12-21-27(2,25)26/h6,9-11,21H,3-5,7-8,12-13H2,1-2H3. The molecule has 2 aromatic heterocycles. The van der Waals surface area contributed by atoms with Crippen LogP contribution in [0.25, 0.3) is 0 Å². The molecule has 27 heavy (non-hydrogen) atoms. The topological polar surface area (TPSA) is 97.2 Å². The van der Waals surface area contributed by atoms with Gasteiger partial charge in [0.15, 0.2) is 0 Å². The lowest BCUT2D eigenvalue weighted by Crippen LogP contribution is -2.37. The molecule has 0 saturated heterocycles. The van der Waals surface area contributed by atoms with Crippen molar-refractivity contribution < 1.29 is 13.2 Å². The number of amides is 1. The monoisotopic (exact) mass is 391 g/mol. The second-order valence-electron chi connectivity index (χ2n) is 6.75. The van der Waals surface area contributed by atoms with E-state index in [0.717, 1.165) is 35.3 Å². The maximum absolute atomic E-state index is 12.6. The number of nitrogens with one attached hydrogen (secondary N) is 1. The molecule has 0 radical (unpaired) electrons. The lowest BCUT2D eigenvalue weighted by Gasteiger charge is -2.28. The van der Waals surface area contributed by atoms with Gasteiger partial charge in [-0.05, 0) is 17.2 Å². The minimum atomic E-state index is -3.25. The highest BCUT2D eigenvalue weighted by Crippen LogP contribution is 2.19. The molecule has 1 amide bonds. The zero-order chi connectivity index (χ0) is 19.4. The number of sulfonamides is 1. The minimum absolute atomic E-state index is 0.107. The molecule has 0 saturated carbocycles. The van der Waals surface area contributed by atoms with E-state index in [1.165, 1.54) is 0 Å². The molecule has 2 aromatic rings. The van der Waals surface area contributed by atoms with Crippen LogP contribution in [-0.4, -0.2) is 46.6 Å². The molecule has 146 valence electrons. The number of hydrogen-bond acceptors (Lipinski definition) is 5. The van der Waals surface area contributed by atoms with E-state index in [2.05, 4.69) is 14.7 Å². The number of nitrogens with zero attached hydrogens (tertiary/aromatic N) is 4. The van der Waals surface area contributed by atoms with Gasteiger partial charge in [0.05, 0.1) is 6.26 Å². The number of imidazole rings is 1. The predicted molar refractivity (Wildman–Crippen MR) is 101 cm³/mol. The maximum atomic E-state index is 12.6. The van der Waals surface area contributed by atoms with Crippen LogP contribution in [0.3, 0.4) is 0 Å². The molecule has 0 unspecified atom stereocenters. The molecule has 0 aliphatic carbocycles. The van der Waals surface area contributed by atoms with Gasteiger partial charge in [-0.25, -0.2) is 18.1 Å². The smallest absolute Gasteiger partial charge is 0.224 e. The van der Waals surface area contributed by atoms with Crippen molar-refractivity contribution >= 4 is 15.9 Å². The third kappa shape index (κ3) is 5.14. The number of aromatic nitrogens is 3. The highest BCUT2D eigenvalue weighted by Gasteiger charge is 2.22. The van der Waals surface area contributed by atoms with E-state index in [9.17, 15) is 13.2 Å². The van der Waals surface area contributed by atoms with Gasteiger partial charge in [-0.2, -0.15) is 0 Å². The van der Waals surface area contributed by atoms with Gasteiger partial charge in [-0.1, -0.05) is 6.92 Å². The van der Waals surface area contributed by atoms with E-state index < -0.39 is 10.0 Å². The molecule has 1 aliphatic rings. The summed E-state index contributed by atoms with van der Waals surface area (Å²) in [5, 5.41) is 0. The first-order valence-electron chi connectivity index (χ1n) is 9.05. The zero-order valence-electron chi connectivity index (χ0n) is 15.7. The van der Waals surface area contributed by atoms with Crippen molar-refractivity contribution in [3.05, 3.63) is 47.3 Å². The zero-order valence-corrected chi connectivity index (χ0v) is 16.5.